The number of methoxy groups -OCH3 is 1. The molecule has 4 nitrogen and oxygen atoms in total. The first-order valence-electron chi connectivity index (χ1n) is 8.50. The predicted octanol–water partition coefficient (Wildman–Crippen LogP) is 4.30. The van der Waals surface area contributed by atoms with E-state index in [0.717, 1.165) is 46.8 Å². The number of fused-ring (bicyclic) bond motifs is 1. The first-order chi connectivity index (χ1) is 11.8. The van der Waals surface area contributed by atoms with Crippen molar-refractivity contribution in [3.63, 3.8) is 0 Å². The van der Waals surface area contributed by atoms with E-state index in [2.05, 4.69) is 28.1 Å². The summed E-state index contributed by atoms with van der Waals surface area (Å²) in [6, 6.07) is 14.3. The third-order valence-corrected chi connectivity index (χ3v) is 4.61. The molecule has 1 aromatic heterocycles. The van der Waals surface area contributed by atoms with Crippen LogP contribution in [-0.2, 0) is 0 Å². The standard InChI is InChI=1S/C20H21N3O/c1-24-17-7-5-6-15(12-17)16-8-9-18-19(13-16)22-20(14-21-18)23-10-3-2-4-11-23/h5-9,12-14H,2-4,10-11H2,1H3. The lowest BCUT2D eigenvalue weighted by molar-refractivity contribution is 0.415. The Balaban J connectivity index is 1.72. The molecule has 1 saturated heterocycles. The Morgan fingerprint density at radius 3 is 2.58 bits per heavy atom. The number of nitrogens with zero attached hydrogens (tertiary/aromatic N) is 3. The van der Waals surface area contributed by atoms with E-state index < -0.39 is 0 Å². The van der Waals surface area contributed by atoms with Crippen LogP contribution in [0.3, 0.4) is 0 Å². The molecule has 24 heavy (non-hydrogen) atoms. The van der Waals surface area contributed by atoms with Crippen LogP contribution in [0.25, 0.3) is 22.2 Å². The normalized spacial score (nSPS) is 14.8. The molecule has 1 aliphatic heterocycles. The zero-order chi connectivity index (χ0) is 16.4. The number of rotatable bonds is 3. The Bertz CT molecular complexity index is 856. The molecule has 0 aliphatic carbocycles. The molecule has 0 bridgehead atoms. The SMILES string of the molecule is COc1cccc(-c2ccc3ncc(N4CCCCC4)nc3c2)c1. The second kappa shape index (κ2) is 6.48. The number of anilines is 1. The zero-order valence-corrected chi connectivity index (χ0v) is 13.9. The van der Waals surface area contributed by atoms with Gasteiger partial charge in [0, 0.05) is 13.1 Å². The Morgan fingerprint density at radius 1 is 0.917 bits per heavy atom. The second-order valence-corrected chi connectivity index (χ2v) is 6.21. The Morgan fingerprint density at radius 2 is 1.75 bits per heavy atom. The molecule has 4 rings (SSSR count). The number of benzene rings is 2. The fourth-order valence-electron chi connectivity index (χ4n) is 3.26. The molecular formula is C20H21N3O. The Labute approximate surface area is 142 Å². The van der Waals surface area contributed by atoms with Gasteiger partial charge in [-0.15, -0.1) is 0 Å². The summed E-state index contributed by atoms with van der Waals surface area (Å²) in [5.74, 6) is 1.85. The zero-order valence-electron chi connectivity index (χ0n) is 13.9. The second-order valence-electron chi connectivity index (χ2n) is 6.21. The van der Waals surface area contributed by atoms with Crippen molar-refractivity contribution in [1.29, 1.82) is 0 Å². The van der Waals surface area contributed by atoms with Crippen molar-refractivity contribution in [1.82, 2.24) is 9.97 Å². The van der Waals surface area contributed by atoms with Crippen LogP contribution in [0.5, 0.6) is 5.75 Å². The highest BCUT2D eigenvalue weighted by molar-refractivity contribution is 5.82. The van der Waals surface area contributed by atoms with E-state index in [4.69, 9.17) is 9.72 Å². The number of hydrogen-bond acceptors (Lipinski definition) is 4. The molecule has 2 heterocycles. The molecule has 3 aromatic rings. The van der Waals surface area contributed by atoms with Gasteiger partial charge in [0.1, 0.15) is 11.6 Å². The van der Waals surface area contributed by atoms with E-state index in [-0.39, 0.29) is 0 Å². The van der Waals surface area contributed by atoms with Gasteiger partial charge in [-0.1, -0.05) is 18.2 Å². The third-order valence-electron chi connectivity index (χ3n) is 4.61. The molecule has 0 N–H and O–H groups in total. The van der Waals surface area contributed by atoms with Crippen LogP contribution < -0.4 is 9.64 Å². The first kappa shape index (κ1) is 14.9. The summed E-state index contributed by atoms with van der Waals surface area (Å²) in [6.45, 7) is 2.16. The molecular weight excluding hydrogens is 298 g/mol. The van der Waals surface area contributed by atoms with Crippen LogP contribution in [0.2, 0.25) is 0 Å². The van der Waals surface area contributed by atoms with Gasteiger partial charge in [0.25, 0.3) is 0 Å². The van der Waals surface area contributed by atoms with E-state index in [1.54, 1.807) is 7.11 Å². The molecule has 2 aromatic carbocycles. The van der Waals surface area contributed by atoms with Gasteiger partial charge in [-0.25, -0.2) is 4.98 Å². The van der Waals surface area contributed by atoms with Gasteiger partial charge in [0.15, 0.2) is 0 Å². The maximum atomic E-state index is 5.33. The van der Waals surface area contributed by atoms with Crippen LogP contribution >= 0.6 is 0 Å². The summed E-state index contributed by atoms with van der Waals surface area (Å²) in [6.07, 6.45) is 5.70. The molecule has 0 radical (unpaired) electrons. The smallest absolute Gasteiger partial charge is 0.147 e. The van der Waals surface area contributed by atoms with Crippen molar-refractivity contribution in [3.05, 3.63) is 48.7 Å². The summed E-state index contributed by atoms with van der Waals surface area (Å²) in [5, 5.41) is 0. The molecule has 0 atom stereocenters. The Hall–Kier alpha value is -2.62. The lowest BCUT2D eigenvalue weighted by atomic mass is 10.0. The van der Waals surface area contributed by atoms with Crippen molar-refractivity contribution in [2.24, 2.45) is 0 Å². The van der Waals surface area contributed by atoms with Crippen LogP contribution in [0, 0.1) is 0 Å². The highest BCUT2D eigenvalue weighted by atomic mass is 16.5. The predicted molar refractivity (Wildman–Crippen MR) is 97.6 cm³/mol. The minimum absolute atomic E-state index is 0.862. The van der Waals surface area contributed by atoms with Gasteiger partial charge in [-0.2, -0.15) is 0 Å². The lowest BCUT2D eigenvalue weighted by Gasteiger charge is -2.27. The third kappa shape index (κ3) is 2.92. The van der Waals surface area contributed by atoms with Crippen molar-refractivity contribution in [2.75, 3.05) is 25.1 Å². The van der Waals surface area contributed by atoms with Crippen molar-refractivity contribution < 1.29 is 4.74 Å². The van der Waals surface area contributed by atoms with Gasteiger partial charge in [-0.3, -0.25) is 4.98 Å². The summed E-state index contributed by atoms with van der Waals surface area (Å²) in [4.78, 5) is 11.8. The average Bonchev–Trinajstić information content (AvgIpc) is 2.68. The molecule has 0 amide bonds. The highest BCUT2D eigenvalue weighted by Crippen LogP contribution is 2.27. The summed E-state index contributed by atoms with van der Waals surface area (Å²) in [5.41, 5.74) is 4.13. The maximum absolute atomic E-state index is 5.33. The van der Waals surface area contributed by atoms with Crippen LogP contribution in [-0.4, -0.2) is 30.2 Å². The Kier molecular flexibility index (Phi) is 4.03. The first-order valence-corrected chi connectivity index (χ1v) is 8.50. The van der Waals surface area contributed by atoms with Crippen molar-refractivity contribution >= 4 is 16.9 Å². The average molecular weight is 319 g/mol. The monoisotopic (exact) mass is 319 g/mol. The van der Waals surface area contributed by atoms with Crippen LogP contribution in [0.4, 0.5) is 5.82 Å². The van der Waals surface area contributed by atoms with E-state index in [1.807, 2.05) is 30.5 Å². The fourth-order valence-corrected chi connectivity index (χ4v) is 3.26. The van der Waals surface area contributed by atoms with Gasteiger partial charge < -0.3 is 9.64 Å². The largest absolute Gasteiger partial charge is 0.497 e. The lowest BCUT2D eigenvalue weighted by Crippen LogP contribution is -2.30. The summed E-state index contributed by atoms with van der Waals surface area (Å²) >= 11 is 0. The molecule has 0 spiro atoms. The highest BCUT2D eigenvalue weighted by Gasteiger charge is 2.13. The van der Waals surface area contributed by atoms with E-state index in [0.29, 0.717) is 0 Å². The van der Waals surface area contributed by atoms with Crippen LogP contribution in [0.15, 0.2) is 48.7 Å². The molecule has 1 fully saturated rings. The molecule has 1 aliphatic rings. The van der Waals surface area contributed by atoms with Gasteiger partial charge in [-0.05, 0) is 54.7 Å². The molecule has 4 heteroatoms. The number of piperidine rings is 1. The topological polar surface area (TPSA) is 38.2 Å². The number of aromatic nitrogens is 2. The van der Waals surface area contributed by atoms with Gasteiger partial charge in [0.2, 0.25) is 0 Å². The van der Waals surface area contributed by atoms with E-state index in [9.17, 15) is 0 Å². The quantitative estimate of drug-likeness (QED) is 0.721. The summed E-state index contributed by atoms with van der Waals surface area (Å²) in [7, 11) is 1.69. The number of ether oxygens (including phenoxy) is 1. The molecule has 0 unspecified atom stereocenters. The maximum Gasteiger partial charge on any atom is 0.147 e. The van der Waals surface area contributed by atoms with Crippen molar-refractivity contribution in [3.8, 4) is 16.9 Å². The van der Waals surface area contributed by atoms with Crippen LogP contribution in [0.1, 0.15) is 19.3 Å². The molecule has 122 valence electrons. The van der Waals surface area contributed by atoms with E-state index >= 15 is 0 Å². The number of hydrogen-bond donors (Lipinski definition) is 0. The van der Waals surface area contributed by atoms with Crippen molar-refractivity contribution in [2.45, 2.75) is 19.3 Å². The minimum Gasteiger partial charge on any atom is -0.497 e. The minimum atomic E-state index is 0.862. The summed E-state index contributed by atoms with van der Waals surface area (Å²) < 4.78 is 5.33. The molecule has 0 saturated carbocycles. The fraction of sp³-hybridized carbons (Fsp3) is 0.300. The van der Waals surface area contributed by atoms with Gasteiger partial charge in [0.05, 0.1) is 24.3 Å². The van der Waals surface area contributed by atoms with Gasteiger partial charge >= 0.3 is 0 Å². The van der Waals surface area contributed by atoms with E-state index in [1.165, 1.54) is 19.3 Å².